The number of amides is 2. The molecule has 1 saturated heterocycles. The molecule has 1 heterocycles. The van der Waals surface area contributed by atoms with Crippen LogP contribution >= 0.6 is 23.2 Å². The number of nitrogens with zero attached hydrogens (tertiary/aromatic N) is 1. The van der Waals surface area contributed by atoms with Crippen LogP contribution in [-0.2, 0) is 9.59 Å². The van der Waals surface area contributed by atoms with Crippen LogP contribution in [0.25, 0.3) is 0 Å². The molecule has 108 valence electrons. The fourth-order valence-corrected chi connectivity index (χ4v) is 4.01. The highest BCUT2D eigenvalue weighted by atomic mass is 35.5. The summed E-state index contributed by atoms with van der Waals surface area (Å²) < 4.78 is 0. The van der Waals surface area contributed by atoms with Gasteiger partial charge in [0.25, 0.3) is 11.8 Å². The summed E-state index contributed by atoms with van der Waals surface area (Å²) in [7, 11) is 0. The molecule has 2 unspecified atom stereocenters. The van der Waals surface area contributed by atoms with E-state index in [1.807, 2.05) is 0 Å². The van der Waals surface area contributed by atoms with Crippen molar-refractivity contribution in [1.82, 2.24) is 5.01 Å². The first-order valence-corrected chi connectivity index (χ1v) is 7.59. The Morgan fingerprint density at radius 2 is 1.62 bits per heavy atom. The second-order valence-corrected chi connectivity index (χ2v) is 6.57. The van der Waals surface area contributed by atoms with Crippen molar-refractivity contribution in [1.29, 1.82) is 0 Å². The van der Waals surface area contributed by atoms with E-state index in [0.717, 1.165) is 11.4 Å². The number of fused-ring (bicyclic) bond motifs is 5. The van der Waals surface area contributed by atoms with Crippen LogP contribution in [0.2, 0.25) is 10.0 Å². The highest BCUT2D eigenvalue weighted by Crippen LogP contribution is 2.52. The summed E-state index contributed by atoms with van der Waals surface area (Å²) in [5.74, 6) is -0.291. The van der Waals surface area contributed by atoms with Gasteiger partial charge in [0, 0.05) is 0 Å². The number of carbonyl (C=O) groups is 2. The number of anilines is 1. The average molecular weight is 323 g/mol. The number of imide groups is 1. The molecule has 1 N–H and O–H groups in total. The van der Waals surface area contributed by atoms with Crippen molar-refractivity contribution in [2.24, 2.45) is 23.7 Å². The van der Waals surface area contributed by atoms with E-state index in [1.54, 1.807) is 18.2 Å². The lowest BCUT2D eigenvalue weighted by molar-refractivity contribution is -0.139. The second kappa shape index (κ2) is 4.49. The van der Waals surface area contributed by atoms with Crippen molar-refractivity contribution >= 4 is 40.7 Å². The lowest BCUT2D eigenvalue weighted by Gasteiger charge is -2.19. The minimum absolute atomic E-state index is 0.145. The molecule has 4 nitrogen and oxygen atoms in total. The minimum atomic E-state index is -0.206. The van der Waals surface area contributed by atoms with Gasteiger partial charge in [-0.3, -0.25) is 15.0 Å². The molecule has 1 saturated carbocycles. The summed E-state index contributed by atoms with van der Waals surface area (Å²) in [6.45, 7) is 0. The Morgan fingerprint density at radius 3 is 2.19 bits per heavy atom. The number of hydrazine groups is 1. The Bertz CT molecular complexity index is 658. The zero-order valence-corrected chi connectivity index (χ0v) is 12.4. The van der Waals surface area contributed by atoms with Gasteiger partial charge >= 0.3 is 0 Å². The van der Waals surface area contributed by atoms with E-state index in [9.17, 15) is 9.59 Å². The topological polar surface area (TPSA) is 49.4 Å². The molecule has 2 fully saturated rings. The standard InChI is InChI=1S/C15H12Cl2N2O2/c16-10-4-3-9(6-11(10)17)18-19-14(20)12-7-1-2-8(5-7)13(12)15(19)21/h1-4,6-8,12-13,18H,5H2/t7?,8?,12-,13+. The number of rotatable bonds is 2. The predicted octanol–water partition coefficient (Wildman–Crippen LogP) is 3.13. The first-order valence-electron chi connectivity index (χ1n) is 6.84. The monoisotopic (exact) mass is 322 g/mol. The summed E-state index contributed by atoms with van der Waals surface area (Å²) in [5, 5.41) is 1.95. The fraction of sp³-hybridized carbons (Fsp3) is 0.333. The molecule has 6 heteroatoms. The summed E-state index contributed by atoms with van der Waals surface area (Å²) in [4.78, 5) is 25.0. The molecule has 2 bridgehead atoms. The molecule has 21 heavy (non-hydrogen) atoms. The maximum Gasteiger partial charge on any atom is 0.252 e. The lowest BCUT2D eigenvalue weighted by atomic mass is 9.85. The van der Waals surface area contributed by atoms with Crippen molar-refractivity contribution < 1.29 is 9.59 Å². The zero-order valence-electron chi connectivity index (χ0n) is 10.9. The summed E-state index contributed by atoms with van der Waals surface area (Å²) in [6, 6.07) is 4.92. The fourth-order valence-electron chi connectivity index (χ4n) is 3.71. The van der Waals surface area contributed by atoms with Crippen molar-refractivity contribution in [3.05, 3.63) is 40.4 Å². The van der Waals surface area contributed by atoms with Gasteiger partial charge in [0.05, 0.1) is 27.6 Å². The van der Waals surface area contributed by atoms with Crippen LogP contribution in [0.5, 0.6) is 0 Å². The Balaban J connectivity index is 1.61. The normalized spacial score (nSPS) is 33.0. The summed E-state index contributed by atoms with van der Waals surface area (Å²) >= 11 is 11.8. The smallest absolute Gasteiger partial charge is 0.252 e. The number of carbonyl (C=O) groups excluding carboxylic acids is 2. The van der Waals surface area contributed by atoms with Gasteiger partial charge in [0.2, 0.25) is 0 Å². The van der Waals surface area contributed by atoms with Gasteiger partial charge in [-0.25, -0.2) is 0 Å². The molecular formula is C15H12Cl2N2O2. The zero-order chi connectivity index (χ0) is 14.7. The Morgan fingerprint density at radius 1 is 1.00 bits per heavy atom. The van der Waals surface area contributed by atoms with Crippen molar-refractivity contribution in [3.63, 3.8) is 0 Å². The van der Waals surface area contributed by atoms with Gasteiger partial charge in [0.1, 0.15) is 0 Å². The Kier molecular flexibility index (Phi) is 2.81. The second-order valence-electron chi connectivity index (χ2n) is 5.75. The molecule has 1 aromatic rings. The van der Waals surface area contributed by atoms with E-state index < -0.39 is 0 Å². The van der Waals surface area contributed by atoms with Crippen LogP contribution in [-0.4, -0.2) is 16.8 Å². The number of hydrogen-bond acceptors (Lipinski definition) is 3. The van der Waals surface area contributed by atoms with Gasteiger partial charge in [-0.1, -0.05) is 35.4 Å². The summed E-state index contributed by atoms with van der Waals surface area (Å²) in [5.41, 5.74) is 3.44. The molecule has 2 aliphatic carbocycles. The molecule has 4 atom stereocenters. The highest BCUT2D eigenvalue weighted by Gasteiger charge is 2.59. The highest BCUT2D eigenvalue weighted by molar-refractivity contribution is 6.42. The third-order valence-corrected chi connectivity index (χ3v) is 5.37. The lowest BCUT2D eigenvalue weighted by Crippen LogP contribution is -2.37. The van der Waals surface area contributed by atoms with E-state index in [2.05, 4.69) is 17.6 Å². The number of halogens is 2. The molecule has 0 radical (unpaired) electrons. The third kappa shape index (κ3) is 1.82. The molecule has 0 aromatic heterocycles. The van der Waals surface area contributed by atoms with Gasteiger partial charge in [0.15, 0.2) is 0 Å². The van der Waals surface area contributed by atoms with E-state index >= 15 is 0 Å². The third-order valence-electron chi connectivity index (χ3n) is 4.63. The Hall–Kier alpha value is -1.52. The molecule has 4 rings (SSSR count). The summed E-state index contributed by atoms with van der Waals surface area (Å²) in [6.07, 6.45) is 5.06. The van der Waals surface area contributed by atoms with Crippen molar-refractivity contribution in [3.8, 4) is 0 Å². The van der Waals surface area contributed by atoms with E-state index in [0.29, 0.717) is 15.7 Å². The quantitative estimate of drug-likeness (QED) is 0.672. The average Bonchev–Trinajstić information content (AvgIpc) is 3.12. The number of allylic oxidation sites excluding steroid dienone is 2. The number of nitrogens with one attached hydrogen (secondary N) is 1. The van der Waals surface area contributed by atoms with Crippen LogP contribution in [0.1, 0.15) is 6.42 Å². The van der Waals surface area contributed by atoms with Crippen LogP contribution in [0.3, 0.4) is 0 Å². The molecular weight excluding hydrogens is 311 g/mol. The first-order chi connectivity index (χ1) is 10.1. The molecule has 2 amide bonds. The largest absolute Gasteiger partial charge is 0.289 e. The molecule has 1 aliphatic heterocycles. The van der Waals surface area contributed by atoms with Gasteiger partial charge in [-0.05, 0) is 36.5 Å². The number of hydrogen-bond donors (Lipinski definition) is 1. The maximum absolute atomic E-state index is 12.5. The molecule has 1 aromatic carbocycles. The van der Waals surface area contributed by atoms with Crippen LogP contribution in [0.4, 0.5) is 5.69 Å². The SMILES string of the molecule is O=C1[C@@H]2C3C=CC(C3)[C@@H]2C(=O)N1Nc1ccc(Cl)c(Cl)c1. The number of benzene rings is 1. The molecule has 0 spiro atoms. The minimum Gasteiger partial charge on any atom is -0.289 e. The van der Waals surface area contributed by atoms with E-state index in [-0.39, 0.29) is 35.5 Å². The van der Waals surface area contributed by atoms with E-state index in [1.165, 1.54) is 0 Å². The van der Waals surface area contributed by atoms with Gasteiger partial charge in [-0.15, -0.1) is 0 Å². The van der Waals surface area contributed by atoms with Crippen molar-refractivity contribution in [2.75, 3.05) is 5.43 Å². The van der Waals surface area contributed by atoms with Gasteiger partial charge in [-0.2, -0.15) is 5.01 Å². The first kappa shape index (κ1) is 13.2. The molecule has 3 aliphatic rings. The van der Waals surface area contributed by atoms with Crippen molar-refractivity contribution in [2.45, 2.75) is 6.42 Å². The predicted molar refractivity (Wildman–Crippen MR) is 79.7 cm³/mol. The maximum atomic E-state index is 12.5. The van der Waals surface area contributed by atoms with Gasteiger partial charge < -0.3 is 0 Å². The van der Waals surface area contributed by atoms with Crippen LogP contribution in [0.15, 0.2) is 30.4 Å². The van der Waals surface area contributed by atoms with E-state index in [4.69, 9.17) is 23.2 Å². The Labute approximate surface area is 131 Å². The van der Waals surface area contributed by atoms with Crippen LogP contribution in [0, 0.1) is 23.7 Å². The van der Waals surface area contributed by atoms with Crippen LogP contribution < -0.4 is 5.43 Å².